The Balaban J connectivity index is 1.46. The molecule has 0 spiro atoms. The molecule has 0 N–H and O–H groups in total. The van der Waals surface area contributed by atoms with Gasteiger partial charge in [0, 0.05) is 11.1 Å². The zero-order valence-corrected chi connectivity index (χ0v) is 19.1. The van der Waals surface area contributed by atoms with E-state index >= 15 is 0 Å². The van der Waals surface area contributed by atoms with Crippen LogP contribution in [0.4, 0.5) is 0 Å². The Morgan fingerprint density at radius 2 is 1.20 bits per heavy atom. The van der Waals surface area contributed by atoms with Crippen molar-refractivity contribution in [3.05, 3.63) is 126 Å². The van der Waals surface area contributed by atoms with Crippen molar-refractivity contribution in [1.29, 1.82) is 0 Å². The second-order valence-corrected chi connectivity index (χ2v) is 8.27. The van der Waals surface area contributed by atoms with Gasteiger partial charge >= 0.3 is 0 Å². The van der Waals surface area contributed by atoms with Crippen molar-refractivity contribution < 1.29 is 6.85 Å². The van der Waals surface area contributed by atoms with Crippen molar-refractivity contribution >= 4 is 22.4 Å². The van der Waals surface area contributed by atoms with Gasteiger partial charge in [0.25, 0.3) is 0 Å². The van der Waals surface area contributed by atoms with Gasteiger partial charge in [-0.05, 0) is 50.7 Å². The molecule has 35 heavy (non-hydrogen) atoms. The maximum Gasteiger partial charge on any atom is 0.226 e. The Kier molecular flexibility index (Phi) is 4.26. The Bertz CT molecular complexity index is 1880. The first-order chi connectivity index (χ1) is 19.3. The summed E-state index contributed by atoms with van der Waals surface area (Å²) >= 11 is 6.26. The Labute approximate surface area is 215 Å². The largest absolute Gasteiger partial charge is 0.226 e. The molecule has 0 saturated heterocycles. The van der Waals surface area contributed by atoms with Crippen LogP contribution >= 0.6 is 11.6 Å². The van der Waals surface area contributed by atoms with Crippen LogP contribution in [0.2, 0.25) is 5.28 Å². The predicted octanol–water partition coefficient (Wildman–Crippen LogP) is 8.35. The zero-order valence-electron chi connectivity index (χ0n) is 23.4. The van der Waals surface area contributed by atoms with E-state index in [9.17, 15) is 0 Å². The SMILES string of the molecule is [2H]c1c([2H])c([2H])c(-c2nc(Cl)nc(-c3ccc4cccc(-c5ccc(-c6ccccc6)cc5)c4c3)n2)c([2H])c1[2H]. The molecule has 4 heteroatoms. The molecule has 0 atom stereocenters. The molecule has 0 unspecified atom stereocenters. The van der Waals surface area contributed by atoms with E-state index in [1.165, 1.54) is 0 Å². The Hall–Kier alpha value is -4.34. The second-order valence-electron chi connectivity index (χ2n) is 7.94. The van der Waals surface area contributed by atoms with E-state index in [2.05, 4.69) is 57.4 Å². The summed E-state index contributed by atoms with van der Waals surface area (Å²) in [6, 6.07) is 28.3. The standard InChI is InChI=1S/C31H20ClN3/c32-31-34-29(25-10-5-2-6-11-25)33-30(35-31)26-19-18-23-12-7-13-27(28(23)20-26)24-16-14-22(15-17-24)21-8-3-1-4-9-21/h1-20H/i2D,5D,6D,10D,11D. The van der Waals surface area contributed by atoms with E-state index < -0.39 is 30.2 Å². The number of benzene rings is 5. The smallest absolute Gasteiger partial charge is 0.208 e. The van der Waals surface area contributed by atoms with E-state index in [1.54, 1.807) is 0 Å². The average Bonchev–Trinajstić information content (AvgIpc) is 2.99. The molecule has 0 fully saturated rings. The lowest BCUT2D eigenvalue weighted by atomic mass is 9.95. The normalized spacial score (nSPS) is 13.0. The number of halogens is 1. The lowest BCUT2D eigenvalue weighted by molar-refractivity contribution is 1.07. The quantitative estimate of drug-likeness (QED) is 0.257. The highest BCUT2D eigenvalue weighted by molar-refractivity contribution is 6.28. The fourth-order valence-corrected chi connectivity index (χ4v) is 4.25. The molecular formula is C31H20ClN3. The maximum atomic E-state index is 8.30. The van der Waals surface area contributed by atoms with Gasteiger partial charge < -0.3 is 0 Å². The third kappa shape index (κ3) is 4.30. The van der Waals surface area contributed by atoms with Gasteiger partial charge in [-0.25, -0.2) is 4.98 Å². The fraction of sp³-hybridized carbons (Fsp3) is 0. The average molecular weight is 475 g/mol. The molecule has 0 aliphatic heterocycles. The second kappa shape index (κ2) is 9.13. The number of nitrogens with zero attached hydrogens (tertiary/aromatic N) is 3. The molecule has 1 aromatic heterocycles. The highest BCUT2D eigenvalue weighted by atomic mass is 35.5. The van der Waals surface area contributed by atoms with Gasteiger partial charge in [0.05, 0.1) is 6.85 Å². The molecule has 0 aliphatic carbocycles. The maximum absolute atomic E-state index is 8.30. The molecule has 5 aromatic carbocycles. The molecule has 0 saturated carbocycles. The highest BCUT2D eigenvalue weighted by Crippen LogP contribution is 2.33. The number of rotatable bonds is 4. The molecule has 166 valence electrons. The number of aromatic nitrogens is 3. The van der Waals surface area contributed by atoms with Crippen LogP contribution in [0.5, 0.6) is 0 Å². The van der Waals surface area contributed by atoms with Gasteiger partial charge in [-0.1, -0.05) is 115 Å². The van der Waals surface area contributed by atoms with Crippen molar-refractivity contribution in [2.24, 2.45) is 0 Å². The van der Waals surface area contributed by atoms with Crippen LogP contribution in [-0.2, 0) is 0 Å². The first-order valence-electron chi connectivity index (χ1n) is 13.5. The van der Waals surface area contributed by atoms with Gasteiger partial charge in [0.15, 0.2) is 11.6 Å². The first kappa shape index (κ1) is 16.3. The van der Waals surface area contributed by atoms with Gasteiger partial charge in [0.1, 0.15) is 0 Å². The highest BCUT2D eigenvalue weighted by Gasteiger charge is 2.12. The topological polar surface area (TPSA) is 38.7 Å². The lowest BCUT2D eigenvalue weighted by Gasteiger charge is -2.11. The van der Waals surface area contributed by atoms with Crippen LogP contribution < -0.4 is 0 Å². The van der Waals surface area contributed by atoms with Gasteiger partial charge in [-0.15, -0.1) is 0 Å². The van der Waals surface area contributed by atoms with Gasteiger partial charge in [-0.3, -0.25) is 0 Å². The van der Waals surface area contributed by atoms with Crippen LogP contribution in [0.25, 0.3) is 55.8 Å². The van der Waals surface area contributed by atoms with E-state index in [0.717, 1.165) is 33.0 Å². The number of fused-ring (bicyclic) bond motifs is 1. The molecule has 3 nitrogen and oxygen atoms in total. The summed E-state index contributed by atoms with van der Waals surface area (Å²) in [5, 5.41) is 1.87. The molecule has 1 heterocycles. The molecule has 0 bridgehead atoms. The van der Waals surface area contributed by atoms with E-state index in [-0.39, 0.29) is 22.5 Å². The molecule has 0 radical (unpaired) electrons. The van der Waals surface area contributed by atoms with Crippen molar-refractivity contribution in [3.63, 3.8) is 0 Å². The molecule has 6 aromatic rings. The third-order valence-electron chi connectivity index (χ3n) is 5.78. The first-order valence-corrected chi connectivity index (χ1v) is 11.4. The number of hydrogen-bond acceptors (Lipinski definition) is 3. The van der Waals surface area contributed by atoms with Crippen LogP contribution in [-0.4, -0.2) is 15.0 Å². The third-order valence-corrected chi connectivity index (χ3v) is 5.94. The van der Waals surface area contributed by atoms with E-state index in [4.69, 9.17) is 18.5 Å². The minimum Gasteiger partial charge on any atom is -0.208 e. The van der Waals surface area contributed by atoms with Crippen LogP contribution in [0.15, 0.2) is 121 Å². The molecule has 6 rings (SSSR count). The summed E-state index contributed by atoms with van der Waals surface area (Å²) in [6.07, 6.45) is 0. The number of hydrogen-bond donors (Lipinski definition) is 0. The van der Waals surface area contributed by atoms with Crippen LogP contribution in [0.3, 0.4) is 0 Å². The predicted molar refractivity (Wildman–Crippen MR) is 144 cm³/mol. The molecular weight excluding hydrogens is 450 g/mol. The van der Waals surface area contributed by atoms with E-state index in [1.807, 2.05) is 48.5 Å². The zero-order chi connectivity index (χ0) is 28.0. The summed E-state index contributed by atoms with van der Waals surface area (Å²) in [5.41, 5.74) is 4.89. The van der Waals surface area contributed by atoms with Crippen molar-refractivity contribution in [2.45, 2.75) is 0 Å². The fourth-order valence-electron chi connectivity index (χ4n) is 4.09. The van der Waals surface area contributed by atoms with Crippen LogP contribution in [0.1, 0.15) is 6.85 Å². The van der Waals surface area contributed by atoms with Crippen molar-refractivity contribution in [3.8, 4) is 45.0 Å². The van der Waals surface area contributed by atoms with Crippen LogP contribution in [0, 0.1) is 0 Å². The van der Waals surface area contributed by atoms with E-state index in [0.29, 0.717) is 5.56 Å². The van der Waals surface area contributed by atoms with Gasteiger partial charge in [-0.2, -0.15) is 9.97 Å². The minimum absolute atomic E-state index is 0.0862. The summed E-state index contributed by atoms with van der Waals surface area (Å²) in [7, 11) is 0. The molecule has 0 aliphatic rings. The Morgan fingerprint density at radius 3 is 1.97 bits per heavy atom. The monoisotopic (exact) mass is 474 g/mol. The Morgan fingerprint density at radius 1 is 0.543 bits per heavy atom. The summed E-state index contributed by atoms with van der Waals surface area (Å²) in [6.45, 7) is 0. The summed E-state index contributed by atoms with van der Waals surface area (Å²) < 4.78 is 40.5. The van der Waals surface area contributed by atoms with Gasteiger partial charge in [0.2, 0.25) is 5.28 Å². The lowest BCUT2D eigenvalue weighted by Crippen LogP contribution is -1.97. The van der Waals surface area contributed by atoms with Crippen molar-refractivity contribution in [2.75, 3.05) is 0 Å². The molecule has 0 amide bonds. The minimum atomic E-state index is -0.488. The van der Waals surface area contributed by atoms with Crippen molar-refractivity contribution in [1.82, 2.24) is 15.0 Å². The summed E-state index contributed by atoms with van der Waals surface area (Å²) in [5.74, 6) is 0.148. The summed E-state index contributed by atoms with van der Waals surface area (Å²) in [4.78, 5) is 12.9.